The first-order chi connectivity index (χ1) is 41.3. The molecule has 0 saturated heterocycles. The van der Waals surface area contributed by atoms with Crippen molar-refractivity contribution in [3.05, 3.63) is 224 Å². The van der Waals surface area contributed by atoms with Gasteiger partial charge in [0.15, 0.2) is 17.8 Å². The van der Waals surface area contributed by atoms with Crippen LogP contribution in [0.1, 0.15) is 126 Å². The number of benzene rings is 6. The Labute approximate surface area is 600 Å². The number of ether oxygens (including phenoxy) is 4. The smallest absolute Gasteiger partial charge is 0.409 e. The van der Waals surface area contributed by atoms with Crippen molar-refractivity contribution >= 4 is 52.4 Å². The van der Waals surface area contributed by atoms with Crippen LogP contribution in [0.25, 0.3) is 22.8 Å². The Balaban J connectivity index is 0.000000188. The standard InChI is InChI=1S/C24H25N4O3.C21H20ClN5O3.C18H15ClN5O.3Y/c1-14(2)31-22(29)13-20-24-27-26-16(4)28(24)21-11-10-18(30-5)12-19(21)23(25-20)17-8-6-15(3)7-9-17;1-11(2)30-21(29)24-19-20-26-25-12(3)27(20)17-9-8-15(28)10-16(17)18(23-19)13-4-6-14(22)7-5-13;1-10-22-23-18-17(20)21-16(11-3-5-12(19)6-4-11)14-9-13(25-2)7-8-15(14)24(10)18;;;/h6-12,14,20H,3,13H2,1-2,4-5H3;4-11,19,28H,1-3H3,(H,24,29);3-9,17,20H,1-2H3;;;/q-1;;-1;;;/t20-;19-;17-;;;/m001.../s1. The Hall–Kier alpha value is -6.39. The van der Waals surface area contributed by atoms with Gasteiger partial charge in [0.2, 0.25) is 0 Å². The average molecular weight is 1460 g/mol. The molecule has 12 rings (SSSR count). The van der Waals surface area contributed by atoms with Gasteiger partial charge in [0.1, 0.15) is 46.6 Å². The molecule has 0 spiro atoms. The van der Waals surface area contributed by atoms with Gasteiger partial charge in [-0.05, 0) is 133 Å². The molecule has 3 aliphatic heterocycles. The number of nitrogens with zero attached hydrogens (tertiary/aromatic N) is 12. The van der Waals surface area contributed by atoms with Crippen molar-refractivity contribution in [3.63, 3.8) is 0 Å². The van der Waals surface area contributed by atoms with Crippen LogP contribution >= 0.6 is 23.2 Å². The Morgan fingerprint density at radius 1 is 0.562 bits per heavy atom. The van der Waals surface area contributed by atoms with Gasteiger partial charge < -0.3 is 29.8 Å². The second kappa shape index (κ2) is 30.6. The molecule has 9 aromatic rings. The molecular formula is C63H60Cl2N14O7Y3-2. The van der Waals surface area contributed by atoms with Gasteiger partial charge in [-0.15, -0.1) is 42.7 Å². The SMILES string of the molecule is COc1ccc2c(c1)C(c1ccc(Cl)cc1)=N[C@@H]([NH-])c1nnc(C)n1-2.Cc1nnc2n1-c1ccc(O)cc1C(c1ccc(Cl)cc1)=N[C@H]2NC(=O)OC(C)C.[CH2-]c1ccc(C2=N[C@@H](CC(=O)OC(C)C)c3nnc(C)n3-c3ccc(OC)cc32)cc1.[Y].[Y].[Y]. The van der Waals surface area contributed by atoms with Crippen LogP contribution in [0, 0.1) is 27.7 Å². The Morgan fingerprint density at radius 3 is 1.47 bits per heavy atom. The number of rotatable bonds is 10. The number of phenols is 1. The van der Waals surface area contributed by atoms with Gasteiger partial charge >= 0.3 is 12.1 Å². The van der Waals surface area contributed by atoms with Crippen molar-refractivity contribution in [1.29, 1.82) is 0 Å². The van der Waals surface area contributed by atoms with E-state index >= 15 is 0 Å². The molecule has 3 radical (unpaired) electrons. The molecule has 89 heavy (non-hydrogen) atoms. The molecule has 6 heterocycles. The summed E-state index contributed by atoms with van der Waals surface area (Å²) >= 11 is 12.1. The quantitative estimate of drug-likeness (QED) is 0.0955. The van der Waals surface area contributed by atoms with E-state index in [2.05, 4.69) is 47.8 Å². The molecule has 449 valence electrons. The van der Waals surface area contributed by atoms with Crippen LogP contribution in [0.2, 0.25) is 10.0 Å². The van der Waals surface area contributed by atoms with E-state index in [0.29, 0.717) is 67.7 Å². The van der Waals surface area contributed by atoms with Crippen molar-refractivity contribution in [1.82, 2.24) is 49.6 Å². The van der Waals surface area contributed by atoms with Crippen LogP contribution in [0.15, 0.2) is 142 Å². The number of phenolic OH excluding ortho intramolecular Hbond substituents is 1. The maximum Gasteiger partial charge on any atom is 0.409 e. The maximum atomic E-state index is 12.5. The maximum absolute atomic E-state index is 12.5. The van der Waals surface area contributed by atoms with E-state index in [1.165, 1.54) is 0 Å². The van der Waals surface area contributed by atoms with E-state index in [1.54, 1.807) is 58.4 Å². The number of aromatic nitrogens is 9. The van der Waals surface area contributed by atoms with E-state index < -0.39 is 24.5 Å². The third kappa shape index (κ3) is 15.7. The number of carbonyl (C=O) groups is 2. The molecule has 6 aromatic carbocycles. The minimum atomic E-state index is -0.870. The Morgan fingerprint density at radius 2 is 0.978 bits per heavy atom. The molecule has 21 nitrogen and oxygen atoms in total. The topological polar surface area (TPSA) is 256 Å². The van der Waals surface area contributed by atoms with Crippen molar-refractivity contribution in [2.45, 2.75) is 85.5 Å². The second-order valence-corrected chi connectivity index (χ2v) is 21.5. The number of fused-ring (bicyclic) bond motifs is 9. The molecule has 3 aliphatic rings. The molecule has 1 amide bonds. The number of halogens is 2. The molecule has 0 aliphatic carbocycles. The van der Waals surface area contributed by atoms with Crippen molar-refractivity contribution < 1.29 is 132 Å². The monoisotopic (exact) mass is 1460 g/mol. The summed E-state index contributed by atoms with van der Waals surface area (Å²) in [5, 5.41) is 39.5. The fourth-order valence-electron chi connectivity index (χ4n) is 9.99. The number of carbonyl (C=O) groups excluding carboxylic acids is 2. The van der Waals surface area contributed by atoms with E-state index in [9.17, 15) is 14.7 Å². The van der Waals surface area contributed by atoms with Crippen LogP contribution in [0.3, 0.4) is 0 Å². The summed E-state index contributed by atoms with van der Waals surface area (Å²) in [5.74, 6) is 4.78. The minimum Gasteiger partial charge on any atom is -0.649 e. The van der Waals surface area contributed by atoms with Gasteiger partial charge in [0, 0.05) is 142 Å². The van der Waals surface area contributed by atoms with Crippen molar-refractivity contribution in [2.24, 2.45) is 15.0 Å². The fourth-order valence-corrected chi connectivity index (χ4v) is 10.2. The van der Waals surface area contributed by atoms with E-state index in [-0.39, 0.29) is 128 Å². The number of aryl methyl sites for hydroxylation is 3. The average Bonchev–Trinajstić information content (AvgIpc) is 1.96. The Bertz CT molecular complexity index is 4120. The van der Waals surface area contributed by atoms with Gasteiger partial charge in [0.05, 0.1) is 67.0 Å². The van der Waals surface area contributed by atoms with E-state index in [1.807, 2.05) is 145 Å². The van der Waals surface area contributed by atoms with Gasteiger partial charge in [-0.2, -0.15) is 24.6 Å². The second-order valence-electron chi connectivity index (χ2n) is 20.6. The van der Waals surface area contributed by atoms with E-state index in [0.717, 1.165) is 61.9 Å². The number of esters is 1. The molecule has 0 saturated carbocycles. The van der Waals surface area contributed by atoms with E-state index in [4.69, 9.17) is 57.9 Å². The number of hydrogen-bond donors (Lipinski definition) is 2. The zero-order chi connectivity index (χ0) is 61.1. The number of methoxy groups -OCH3 is 2. The zero-order valence-corrected chi connectivity index (χ0v) is 60.2. The van der Waals surface area contributed by atoms with Crippen molar-refractivity contribution in [3.8, 4) is 34.3 Å². The molecule has 3 atom stereocenters. The fraction of sp³-hybridized carbons (Fsp3) is 0.238. The molecule has 26 heteroatoms. The molecule has 3 N–H and O–H groups in total. The third-order valence-electron chi connectivity index (χ3n) is 13.8. The number of amides is 1. The van der Waals surface area contributed by atoms with Gasteiger partial charge in [-0.1, -0.05) is 47.5 Å². The summed E-state index contributed by atoms with van der Waals surface area (Å²) in [6.07, 6.45) is -2.76. The predicted molar refractivity (Wildman–Crippen MR) is 327 cm³/mol. The Kier molecular flexibility index (Phi) is 24.1. The number of nitrogens with one attached hydrogen (secondary N) is 2. The van der Waals surface area contributed by atoms with Gasteiger partial charge in [-0.25, -0.2) is 4.79 Å². The summed E-state index contributed by atoms with van der Waals surface area (Å²) in [7, 11) is 3.26. The molecule has 0 unspecified atom stereocenters. The summed E-state index contributed by atoms with van der Waals surface area (Å²) < 4.78 is 27.1. The van der Waals surface area contributed by atoms with Crippen LogP contribution in [0.5, 0.6) is 17.2 Å². The predicted octanol–water partition coefficient (Wildman–Crippen LogP) is 12.1. The number of aromatic hydroxyl groups is 1. The van der Waals surface area contributed by atoms with Gasteiger partial charge in [-0.3, -0.25) is 38.8 Å². The van der Waals surface area contributed by atoms with Crippen LogP contribution in [-0.4, -0.2) is 105 Å². The third-order valence-corrected chi connectivity index (χ3v) is 14.3. The van der Waals surface area contributed by atoms with Crippen molar-refractivity contribution in [2.75, 3.05) is 14.2 Å². The minimum absolute atomic E-state index is 0. The molecule has 3 aromatic heterocycles. The first-order valence-corrected chi connectivity index (χ1v) is 28.1. The first kappa shape index (κ1) is 70.1. The molecular weight excluding hydrogens is 1400 g/mol. The molecule has 0 fully saturated rings. The first-order valence-electron chi connectivity index (χ1n) is 27.3. The zero-order valence-electron chi connectivity index (χ0n) is 50.2. The number of hydrogen-bond acceptors (Lipinski definition) is 16. The van der Waals surface area contributed by atoms with Crippen LogP contribution < -0.4 is 14.8 Å². The number of aliphatic imine (C=N–C) groups is 3. The molecule has 0 bridgehead atoms. The summed E-state index contributed by atoms with van der Waals surface area (Å²) in [6, 6.07) is 38.4. The summed E-state index contributed by atoms with van der Waals surface area (Å²) in [5.41, 5.74) is 18.8. The normalized spacial score (nSPS) is 14.8. The van der Waals surface area contributed by atoms with Gasteiger partial charge in [0.25, 0.3) is 0 Å². The number of alkyl carbamates (subject to hydrolysis) is 1. The summed E-state index contributed by atoms with van der Waals surface area (Å²) in [6.45, 7) is 16.7. The summed E-state index contributed by atoms with van der Waals surface area (Å²) in [4.78, 5) is 39.3. The largest absolute Gasteiger partial charge is 0.649 e. The van der Waals surface area contributed by atoms with Crippen LogP contribution in [-0.2, 0) is 112 Å². The van der Waals surface area contributed by atoms with Crippen LogP contribution in [0.4, 0.5) is 4.79 Å².